The molecule has 3 amide bonds. The van der Waals surface area contributed by atoms with E-state index in [4.69, 9.17) is 0 Å². The molecular formula is C24H31FN8O2. The highest BCUT2D eigenvalue weighted by atomic mass is 19.1. The van der Waals surface area contributed by atoms with E-state index in [0.717, 1.165) is 24.2 Å². The number of aromatic amines is 1. The zero-order valence-corrected chi connectivity index (χ0v) is 20.4. The number of carbonyl (C=O) groups is 2. The van der Waals surface area contributed by atoms with Gasteiger partial charge in [-0.2, -0.15) is 5.10 Å². The molecular weight excluding hydrogens is 451 g/mol. The summed E-state index contributed by atoms with van der Waals surface area (Å²) in [6, 6.07) is -0.953. The number of aromatic nitrogens is 2. The van der Waals surface area contributed by atoms with Crippen LogP contribution in [0.1, 0.15) is 51.0 Å². The average Bonchev–Trinajstić information content (AvgIpc) is 3.54. The van der Waals surface area contributed by atoms with E-state index < -0.39 is 12.1 Å². The Balaban J connectivity index is 1.38. The summed E-state index contributed by atoms with van der Waals surface area (Å²) in [5, 5.41) is 7.78. The van der Waals surface area contributed by atoms with Crippen LogP contribution < -0.4 is 5.43 Å². The number of fused-ring (bicyclic) bond motifs is 2. The molecule has 186 valence electrons. The molecule has 4 aliphatic rings. The number of hydrazone groups is 1. The van der Waals surface area contributed by atoms with Gasteiger partial charge < -0.3 is 14.8 Å². The van der Waals surface area contributed by atoms with Crippen LogP contribution in [-0.2, 0) is 11.2 Å². The number of likely N-dealkylation sites (tertiary alicyclic amines) is 1. The number of nitrogens with one attached hydrogen (secondary N) is 2. The number of carbonyl (C=O) groups excluding carboxylic acids is 2. The van der Waals surface area contributed by atoms with Crippen LogP contribution in [0.15, 0.2) is 47.4 Å². The molecule has 0 aromatic carbocycles. The zero-order valence-electron chi connectivity index (χ0n) is 20.4. The van der Waals surface area contributed by atoms with Crippen molar-refractivity contribution in [3.05, 3.63) is 53.7 Å². The van der Waals surface area contributed by atoms with Crippen molar-refractivity contribution in [2.45, 2.75) is 64.2 Å². The van der Waals surface area contributed by atoms with E-state index in [0.29, 0.717) is 18.7 Å². The van der Waals surface area contributed by atoms with Crippen molar-refractivity contribution in [1.29, 1.82) is 0 Å². The van der Waals surface area contributed by atoms with Gasteiger partial charge in [-0.1, -0.05) is 0 Å². The number of likely N-dealkylation sites (N-methyl/N-ethyl adjacent to an activating group) is 1. The molecule has 4 atom stereocenters. The molecule has 10 nitrogen and oxygen atoms in total. The minimum absolute atomic E-state index is 0.149. The van der Waals surface area contributed by atoms with Crippen LogP contribution in [-0.4, -0.2) is 79.2 Å². The molecule has 11 heteroatoms. The quantitative estimate of drug-likeness (QED) is 0.510. The van der Waals surface area contributed by atoms with E-state index >= 15 is 0 Å². The van der Waals surface area contributed by atoms with Gasteiger partial charge in [0.1, 0.15) is 11.5 Å². The number of hydrazine groups is 1. The minimum Gasteiger partial charge on any atom is -0.348 e. The Labute approximate surface area is 203 Å². The van der Waals surface area contributed by atoms with E-state index in [9.17, 15) is 14.0 Å². The number of amides is 3. The maximum Gasteiger partial charge on any atom is 0.338 e. The van der Waals surface area contributed by atoms with Crippen molar-refractivity contribution in [1.82, 2.24) is 35.2 Å². The van der Waals surface area contributed by atoms with Crippen molar-refractivity contribution in [2.24, 2.45) is 5.10 Å². The van der Waals surface area contributed by atoms with Crippen LogP contribution in [0, 0.1) is 0 Å². The van der Waals surface area contributed by atoms with E-state index in [-0.39, 0.29) is 35.6 Å². The highest BCUT2D eigenvalue weighted by Crippen LogP contribution is 2.40. The second-order valence-corrected chi connectivity index (χ2v) is 9.57. The topological polar surface area (TPSA) is 100 Å². The fraction of sp³-hybridized carbons (Fsp3) is 0.500. The standard InChI is InChI=1S/C24H31FN8O2/c1-14-7-8-15(2)33(14)23(34)16(3)28-29-24(35)31-11-9-18-21(27-13-26-18)22(31)20-12-19-17(25)6-5-10-32(19)30(20)4/h5-6,10,12-15,20,22H,7-9,11H2,1-4H3,(H,26,27)(H,29,35)/b28-16+/t14-,15-,20?,22?/m1/s1. The molecule has 35 heavy (non-hydrogen) atoms. The Bertz CT molecular complexity index is 1140. The average molecular weight is 483 g/mol. The van der Waals surface area contributed by atoms with Gasteiger partial charge in [0.25, 0.3) is 5.91 Å². The van der Waals surface area contributed by atoms with Crippen molar-refractivity contribution >= 4 is 17.6 Å². The third-order valence-corrected chi connectivity index (χ3v) is 7.43. The summed E-state index contributed by atoms with van der Waals surface area (Å²) in [4.78, 5) is 37.4. The van der Waals surface area contributed by atoms with E-state index in [1.807, 2.05) is 36.9 Å². The first-order chi connectivity index (χ1) is 16.8. The molecule has 2 N–H and O–H groups in total. The number of allylic oxidation sites excluding steroid dienone is 3. The Hall–Kier alpha value is -3.47. The first-order valence-corrected chi connectivity index (χ1v) is 12.0. The second-order valence-electron chi connectivity index (χ2n) is 9.57. The van der Waals surface area contributed by atoms with Gasteiger partial charge in [0.05, 0.1) is 29.8 Å². The van der Waals surface area contributed by atoms with Gasteiger partial charge in [0.2, 0.25) is 0 Å². The van der Waals surface area contributed by atoms with Crippen molar-refractivity contribution in [3.63, 3.8) is 0 Å². The van der Waals surface area contributed by atoms with E-state index in [1.54, 1.807) is 35.4 Å². The Kier molecular flexibility index (Phi) is 5.96. The SMILES string of the molecule is C/C(=N\NC(=O)N1CCc2[nH]cnc2C1C1C=C2C(F)=CC=CN2N1C)C(=O)N1[C@H](C)CC[C@H]1C. The lowest BCUT2D eigenvalue weighted by molar-refractivity contribution is -0.126. The van der Waals surface area contributed by atoms with Gasteiger partial charge in [0.15, 0.2) is 0 Å². The second kappa shape index (κ2) is 8.95. The van der Waals surface area contributed by atoms with Gasteiger partial charge in [0, 0.05) is 44.0 Å². The van der Waals surface area contributed by atoms with Crippen LogP contribution >= 0.6 is 0 Å². The molecule has 0 spiro atoms. The predicted octanol–water partition coefficient (Wildman–Crippen LogP) is 2.59. The molecule has 0 saturated carbocycles. The van der Waals surface area contributed by atoms with Gasteiger partial charge in [-0.05, 0) is 51.8 Å². The fourth-order valence-electron chi connectivity index (χ4n) is 5.53. The van der Waals surface area contributed by atoms with Gasteiger partial charge in [-0.15, -0.1) is 0 Å². The molecule has 2 unspecified atom stereocenters. The lowest BCUT2D eigenvalue weighted by Crippen LogP contribution is -2.52. The smallest absolute Gasteiger partial charge is 0.338 e. The maximum absolute atomic E-state index is 14.5. The Morgan fingerprint density at radius 3 is 2.71 bits per heavy atom. The predicted molar refractivity (Wildman–Crippen MR) is 128 cm³/mol. The molecule has 5 heterocycles. The third-order valence-electron chi connectivity index (χ3n) is 7.43. The minimum atomic E-state index is -0.473. The van der Waals surface area contributed by atoms with Crippen molar-refractivity contribution in [2.75, 3.05) is 13.6 Å². The maximum atomic E-state index is 14.5. The Morgan fingerprint density at radius 1 is 1.26 bits per heavy atom. The number of halogens is 1. The first kappa shape index (κ1) is 23.3. The zero-order chi connectivity index (χ0) is 24.9. The summed E-state index contributed by atoms with van der Waals surface area (Å²) in [6.07, 6.45) is 10.8. The number of nitrogens with zero attached hydrogens (tertiary/aromatic N) is 6. The third kappa shape index (κ3) is 3.93. The van der Waals surface area contributed by atoms with Crippen LogP contribution in [0.4, 0.5) is 9.18 Å². The molecule has 1 aromatic rings. The molecule has 0 bridgehead atoms. The van der Waals surface area contributed by atoms with E-state index in [2.05, 4.69) is 20.5 Å². The number of hydrogen-bond donors (Lipinski definition) is 2. The lowest BCUT2D eigenvalue weighted by atomic mass is 9.96. The number of H-pyrrole nitrogens is 1. The highest BCUT2D eigenvalue weighted by molar-refractivity contribution is 6.38. The summed E-state index contributed by atoms with van der Waals surface area (Å²) in [5.74, 6) is -0.501. The number of rotatable bonds is 3. The van der Waals surface area contributed by atoms with Crippen LogP contribution in [0.2, 0.25) is 0 Å². The Morgan fingerprint density at radius 2 is 2.00 bits per heavy atom. The summed E-state index contributed by atoms with van der Waals surface area (Å²) < 4.78 is 14.5. The summed E-state index contributed by atoms with van der Waals surface area (Å²) in [7, 11) is 1.85. The van der Waals surface area contributed by atoms with Gasteiger partial charge >= 0.3 is 6.03 Å². The first-order valence-electron chi connectivity index (χ1n) is 12.0. The largest absolute Gasteiger partial charge is 0.348 e. The number of urea groups is 1. The summed E-state index contributed by atoms with van der Waals surface area (Å²) in [6.45, 7) is 6.10. The molecule has 1 fully saturated rings. The molecule has 0 radical (unpaired) electrons. The summed E-state index contributed by atoms with van der Waals surface area (Å²) >= 11 is 0. The number of hydrogen-bond acceptors (Lipinski definition) is 6. The molecule has 4 aliphatic heterocycles. The van der Waals surface area contributed by atoms with Gasteiger partial charge in [-0.25, -0.2) is 24.6 Å². The fourth-order valence-corrected chi connectivity index (χ4v) is 5.53. The monoisotopic (exact) mass is 482 g/mol. The lowest BCUT2D eigenvalue weighted by Gasteiger charge is -2.41. The number of imidazole rings is 1. The summed E-state index contributed by atoms with van der Waals surface area (Å²) in [5.41, 5.74) is 4.96. The normalized spacial score (nSPS) is 28.6. The van der Waals surface area contributed by atoms with Crippen molar-refractivity contribution < 1.29 is 14.0 Å². The van der Waals surface area contributed by atoms with Crippen LogP contribution in [0.3, 0.4) is 0 Å². The van der Waals surface area contributed by atoms with Crippen molar-refractivity contribution in [3.8, 4) is 0 Å². The molecule has 5 rings (SSSR count). The highest BCUT2D eigenvalue weighted by Gasteiger charge is 2.44. The van der Waals surface area contributed by atoms with Crippen LogP contribution in [0.5, 0.6) is 0 Å². The molecule has 0 aliphatic carbocycles. The van der Waals surface area contributed by atoms with E-state index in [1.165, 1.54) is 6.08 Å². The molecule has 1 aromatic heterocycles. The van der Waals surface area contributed by atoms with Crippen LogP contribution in [0.25, 0.3) is 0 Å². The van der Waals surface area contributed by atoms with Gasteiger partial charge in [-0.3, -0.25) is 9.80 Å². The molecule has 1 saturated heterocycles.